The van der Waals surface area contributed by atoms with Gasteiger partial charge in [-0.05, 0) is 13.3 Å². The minimum Gasteiger partial charge on any atom is -0.380 e. The predicted molar refractivity (Wildman–Crippen MR) is 56.5 cm³/mol. The minimum absolute atomic E-state index is 0.0558. The smallest absolute Gasteiger partial charge is 0.244 e. The van der Waals surface area contributed by atoms with Gasteiger partial charge in [0.1, 0.15) is 5.54 Å². The number of hydrogen-bond acceptors (Lipinski definition) is 4. The molecule has 0 aromatic carbocycles. The van der Waals surface area contributed by atoms with E-state index in [1.165, 1.54) is 0 Å². The molecule has 5 heteroatoms. The normalized spacial score (nSPS) is 25.5. The molecule has 0 aromatic rings. The van der Waals surface area contributed by atoms with Gasteiger partial charge in [0.15, 0.2) is 0 Å². The molecule has 0 aliphatic carbocycles. The summed E-state index contributed by atoms with van der Waals surface area (Å²) >= 11 is 0. The summed E-state index contributed by atoms with van der Waals surface area (Å²) in [6, 6.07) is 0. The van der Waals surface area contributed by atoms with Crippen molar-refractivity contribution in [3.63, 3.8) is 0 Å². The third-order valence-corrected chi connectivity index (χ3v) is 2.60. The molecule has 5 nitrogen and oxygen atoms in total. The van der Waals surface area contributed by atoms with E-state index in [2.05, 4.69) is 0 Å². The van der Waals surface area contributed by atoms with Crippen LogP contribution in [0.3, 0.4) is 0 Å². The van der Waals surface area contributed by atoms with Crippen molar-refractivity contribution in [2.24, 2.45) is 5.73 Å². The largest absolute Gasteiger partial charge is 0.380 e. The average Bonchev–Trinajstić information content (AvgIpc) is 2.65. The summed E-state index contributed by atoms with van der Waals surface area (Å²) in [5.41, 5.74) is 5.13. The standard InChI is InChI=1S/C10H20N2O3/c1-3-14-7-5-12(2)9(13)10(11)4-6-15-8-10/h3-8,11H2,1-2H3. The summed E-state index contributed by atoms with van der Waals surface area (Å²) in [6.45, 7) is 4.61. The van der Waals surface area contributed by atoms with Crippen molar-refractivity contribution in [3.8, 4) is 0 Å². The van der Waals surface area contributed by atoms with Gasteiger partial charge >= 0.3 is 0 Å². The second kappa shape index (κ2) is 5.44. The van der Waals surface area contributed by atoms with Crippen LogP contribution in [0.1, 0.15) is 13.3 Å². The first-order valence-electron chi connectivity index (χ1n) is 5.30. The number of carbonyl (C=O) groups is 1. The first kappa shape index (κ1) is 12.4. The van der Waals surface area contributed by atoms with Crippen LogP contribution in [-0.2, 0) is 14.3 Å². The van der Waals surface area contributed by atoms with Crippen molar-refractivity contribution < 1.29 is 14.3 Å². The van der Waals surface area contributed by atoms with Gasteiger partial charge in [0, 0.05) is 26.8 Å². The number of hydrogen-bond donors (Lipinski definition) is 1. The van der Waals surface area contributed by atoms with Crippen LogP contribution >= 0.6 is 0 Å². The van der Waals surface area contributed by atoms with Crippen LogP contribution in [0, 0.1) is 0 Å². The molecule has 1 aliphatic heterocycles. The van der Waals surface area contributed by atoms with E-state index in [1.807, 2.05) is 6.92 Å². The van der Waals surface area contributed by atoms with E-state index in [1.54, 1.807) is 11.9 Å². The van der Waals surface area contributed by atoms with Crippen LogP contribution in [-0.4, -0.2) is 56.4 Å². The highest BCUT2D eigenvalue weighted by atomic mass is 16.5. The number of ether oxygens (including phenoxy) is 2. The Kier molecular flexibility index (Phi) is 4.50. The van der Waals surface area contributed by atoms with Crippen LogP contribution in [0.4, 0.5) is 0 Å². The molecule has 0 radical (unpaired) electrons. The van der Waals surface area contributed by atoms with Gasteiger partial charge < -0.3 is 20.1 Å². The van der Waals surface area contributed by atoms with Crippen molar-refractivity contribution >= 4 is 5.91 Å². The molecular formula is C10H20N2O3. The molecule has 15 heavy (non-hydrogen) atoms. The van der Waals surface area contributed by atoms with Crippen LogP contribution in [0.15, 0.2) is 0 Å². The van der Waals surface area contributed by atoms with Crippen molar-refractivity contribution in [1.82, 2.24) is 4.90 Å². The lowest BCUT2D eigenvalue weighted by Crippen LogP contribution is -2.55. The molecule has 1 rings (SSSR count). The first-order valence-corrected chi connectivity index (χ1v) is 5.30. The molecule has 0 saturated carbocycles. The Morgan fingerprint density at radius 3 is 2.93 bits per heavy atom. The summed E-state index contributed by atoms with van der Waals surface area (Å²) in [7, 11) is 1.74. The summed E-state index contributed by atoms with van der Waals surface area (Å²) in [4.78, 5) is 13.5. The monoisotopic (exact) mass is 216 g/mol. The van der Waals surface area contributed by atoms with Crippen LogP contribution in [0.2, 0.25) is 0 Å². The van der Waals surface area contributed by atoms with E-state index < -0.39 is 5.54 Å². The zero-order valence-corrected chi connectivity index (χ0v) is 9.49. The lowest BCUT2D eigenvalue weighted by molar-refractivity contribution is -0.136. The summed E-state index contributed by atoms with van der Waals surface area (Å²) < 4.78 is 10.3. The van der Waals surface area contributed by atoms with Gasteiger partial charge in [0.25, 0.3) is 0 Å². The summed E-state index contributed by atoms with van der Waals surface area (Å²) in [5, 5.41) is 0. The predicted octanol–water partition coefficient (Wildman–Crippen LogP) is -0.401. The number of likely N-dealkylation sites (N-methyl/N-ethyl adjacent to an activating group) is 1. The number of amides is 1. The Labute approximate surface area is 90.5 Å². The Hall–Kier alpha value is -0.650. The number of nitrogens with zero attached hydrogens (tertiary/aromatic N) is 1. The molecule has 1 saturated heterocycles. The Morgan fingerprint density at radius 2 is 2.40 bits per heavy atom. The molecule has 2 N–H and O–H groups in total. The molecule has 0 bridgehead atoms. The lowest BCUT2D eigenvalue weighted by Gasteiger charge is -2.27. The Morgan fingerprint density at radius 1 is 1.67 bits per heavy atom. The average molecular weight is 216 g/mol. The topological polar surface area (TPSA) is 64.8 Å². The quantitative estimate of drug-likeness (QED) is 0.635. The van der Waals surface area contributed by atoms with Gasteiger partial charge in [-0.2, -0.15) is 0 Å². The molecular weight excluding hydrogens is 196 g/mol. The second-order valence-electron chi connectivity index (χ2n) is 3.88. The van der Waals surface area contributed by atoms with Gasteiger partial charge in [0.2, 0.25) is 5.91 Å². The van der Waals surface area contributed by atoms with Crippen molar-refractivity contribution in [1.29, 1.82) is 0 Å². The highest BCUT2D eigenvalue weighted by Crippen LogP contribution is 2.17. The maximum atomic E-state index is 11.9. The van der Waals surface area contributed by atoms with E-state index in [0.717, 1.165) is 0 Å². The van der Waals surface area contributed by atoms with Gasteiger partial charge in [-0.3, -0.25) is 4.79 Å². The summed E-state index contributed by atoms with van der Waals surface area (Å²) in [5.74, 6) is -0.0558. The molecule has 0 spiro atoms. The van der Waals surface area contributed by atoms with E-state index in [0.29, 0.717) is 39.4 Å². The lowest BCUT2D eigenvalue weighted by atomic mass is 9.99. The Bertz CT molecular complexity index is 215. The van der Waals surface area contributed by atoms with Gasteiger partial charge in [-0.25, -0.2) is 0 Å². The van der Waals surface area contributed by atoms with Crippen molar-refractivity contribution in [2.45, 2.75) is 18.9 Å². The number of nitrogens with two attached hydrogens (primary N) is 1. The molecule has 1 amide bonds. The highest BCUT2D eigenvalue weighted by molar-refractivity contribution is 5.86. The minimum atomic E-state index is -0.818. The second-order valence-corrected chi connectivity index (χ2v) is 3.88. The highest BCUT2D eigenvalue weighted by Gasteiger charge is 2.39. The molecule has 88 valence electrons. The molecule has 1 aliphatic rings. The van der Waals surface area contributed by atoms with Crippen LogP contribution < -0.4 is 5.73 Å². The van der Waals surface area contributed by atoms with Crippen LogP contribution in [0.25, 0.3) is 0 Å². The zero-order valence-electron chi connectivity index (χ0n) is 9.49. The third kappa shape index (κ3) is 3.15. The molecule has 0 aromatic heterocycles. The van der Waals surface area contributed by atoms with E-state index in [4.69, 9.17) is 15.2 Å². The SMILES string of the molecule is CCOCCN(C)C(=O)C1(N)CCOC1. The Balaban J connectivity index is 2.38. The number of carbonyl (C=O) groups excluding carboxylic acids is 1. The van der Waals surface area contributed by atoms with E-state index in [9.17, 15) is 4.79 Å². The van der Waals surface area contributed by atoms with E-state index >= 15 is 0 Å². The van der Waals surface area contributed by atoms with Gasteiger partial charge in [-0.1, -0.05) is 0 Å². The summed E-state index contributed by atoms with van der Waals surface area (Å²) in [6.07, 6.45) is 0.602. The van der Waals surface area contributed by atoms with Gasteiger partial charge in [0.05, 0.1) is 13.2 Å². The number of rotatable bonds is 5. The van der Waals surface area contributed by atoms with Crippen molar-refractivity contribution in [3.05, 3.63) is 0 Å². The molecule has 1 unspecified atom stereocenters. The fourth-order valence-corrected chi connectivity index (χ4v) is 1.58. The third-order valence-electron chi connectivity index (χ3n) is 2.60. The van der Waals surface area contributed by atoms with Gasteiger partial charge in [-0.15, -0.1) is 0 Å². The fourth-order valence-electron chi connectivity index (χ4n) is 1.58. The molecule has 1 atom stereocenters. The van der Waals surface area contributed by atoms with Crippen molar-refractivity contribution in [2.75, 3.05) is 40.0 Å². The molecule has 1 heterocycles. The maximum absolute atomic E-state index is 11.9. The fraction of sp³-hybridized carbons (Fsp3) is 0.900. The van der Waals surface area contributed by atoms with Crippen LogP contribution in [0.5, 0.6) is 0 Å². The molecule has 1 fully saturated rings. The first-order chi connectivity index (χ1) is 7.10. The van der Waals surface area contributed by atoms with E-state index in [-0.39, 0.29) is 5.91 Å². The zero-order chi connectivity index (χ0) is 11.3. The maximum Gasteiger partial charge on any atom is 0.244 e.